The SMILES string of the molecule is CSCCC(N)C(=O)NC(C(=O)NC(CO)C(=O)N1CCCC1C(=O)O)C(C)C. The zero-order valence-electron chi connectivity index (χ0n) is 17.1. The van der Waals surface area contributed by atoms with Gasteiger partial charge in [0.15, 0.2) is 0 Å². The standard InChI is InChI=1S/C18H32N4O6S/c1-10(2)14(21-15(24)11(19)6-8-29-3)16(25)20-12(9-23)17(26)22-7-4-5-13(22)18(27)28/h10-14,23H,4-9,19H2,1-3H3,(H,20,25)(H,21,24)(H,27,28). The third-order valence-corrected chi connectivity index (χ3v) is 5.48. The summed E-state index contributed by atoms with van der Waals surface area (Å²) in [6.45, 7) is 3.03. The predicted octanol–water partition coefficient (Wildman–Crippen LogP) is -1.24. The van der Waals surface area contributed by atoms with Crippen LogP contribution in [0.4, 0.5) is 0 Å². The number of hydrogen-bond donors (Lipinski definition) is 5. The van der Waals surface area contributed by atoms with Gasteiger partial charge in [-0.2, -0.15) is 11.8 Å². The zero-order chi connectivity index (χ0) is 22.1. The molecule has 0 aliphatic carbocycles. The fourth-order valence-corrected chi connectivity index (χ4v) is 3.60. The molecule has 0 aromatic carbocycles. The van der Waals surface area contributed by atoms with Crippen molar-refractivity contribution in [2.24, 2.45) is 11.7 Å². The van der Waals surface area contributed by atoms with E-state index in [4.69, 9.17) is 5.73 Å². The number of amides is 3. The third-order valence-electron chi connectivity index (χ3n) is 4.83. The van der Waals surface area contributed by atoms with E-state index in [9.17, 15) is 29.4 Å². The monoisotopic (exact) mass is 432 g/mol. The molecule has 1 fully saturated rings. The van der Waals surface area contributed by atoms with Crippen LogP contribution in [-0.2, 0) is 19.2 Å². The van der Waals surface area contributed by atoms with Gasteiger partial charge in [-0.15, -0.1) is 0 Å². The highest BCUT2D eigenvalue weighted by atomic mass is 32.2. The predicted molar refractivity (Wildman–Crippen MR) is 109 cm³/mol. The summed E-state index contributed by atoms with van der Waals surface area (Å²) in [6.07, 6.45) is 3.22. The lowest BCUT2D eigenvalue weighted by Gasteiger charge is -2.29. The Balaban J connectivity index is 2.80. The fraction of sp³-hybridized carbons (Fsp3) is 0.778. The number of rotatable bonds is 11. The number of carbonyl (C=O) groups is 4. The second kappa shape index (κ2) is 12.0. The van der Waals surface area contributed by atoms with Crippen molar-refractivity contribution >= 4 is 35.5 Å². The molecule has 1 aliphatic rings. The van der Waals surface area contributed by atoms with Crippen LogP contribution in [-0.4, -0.2) is 88.1 Å². The highest BCUT2D eigenvalue weighted by molar-refractivity contribution is 7.98. The molecule has 10 nitrogen and oxygen atoms in total. The summed E-state index contributed by atoms with van der Waals surface area (Å²) in [5.41, 5.74) is 5.84. The summed E-state index contributed by atoms with van der Waals surface area (Å²) in [5, 5.41) is 23.9. The first-order valence-electron chi connectivity index (χ1n) is 9.63. The Labute approximate surface area is 174 Å². The maximum absolute atomic E-state index is 12.7. The highest BCUT2D eigenvalue weighted by Crippen LogP contribution is 2.18. The molecule has 3 amide bonds. The van der Waals surface area contributed by atoms with Gasteiger partial charge in [0.25, 0.3) is 0 Å². The molecule has 11 heteroatoms. The topological polar surface area (TPSA) is 162 Å². The Kier molecular flexibility index (Phi) is 10.4. The van der Waals surface area contributed by atoms with Gasteiger partial charge in [0.05, 0.1) is 12.6 Å². The van der Waals surface area contributed by atoms with E-state index < -0.39 is 54.5 Å². The maximum Gasteiger partial charge on any atom is 0.326 e. The minimum atomic E-state index is -1.29. The average molecular weight is 433 g/mol. The lowest BCUT2D eigenvalue weighted by atomic mass is 10.0. The lowest BCUT2D eigenvalue weighted by molar-refractivity contribution is -0.150. The number of hydrogen-bond acceptors (Lipinski definition) is 7. The van der Waals surface area contributed by atoms with Crippen molar-refractivity contribution in [2.45, 2.75) is 57.3 Å². The molecule has 0 saturated carbocycles. The highest BCUT2D eigenvalue weighted by Gasteiger charge is 2.38. The number of thioether (sulfide) groups is 1. The molecule has 1 aliphatic heterocycles. The van der Waals surface area contributed by atoms with Crippen molar-refractivity contribution in [1.29, 1.82) is 0 Å². The minimum absolute atomic E-state index is 0.247. The van der Waals surface area contributed by atoms with Gasteiger partial charge in [-0.1, -0.05) is 13.8 Å². The number of aliphatic carboxylic acids is 1. The lowest BCUT2D eigenvalue weighted by Crippen LogP contribution is -2.59. The first kappa shape index (κ1) is 25.2. The maximum atomic E-state index is 12.7. The number of nitrogens with zero attached hydrogens (tertiary/aromatic N) is 1. The van der Waals surface area contributed by atoms with Gasteiger partial charge in [-0.3, -0.25) is 14.4 Å². The molecular formula is C18H32N4O6S. The summed E-state index contributed by atoms with van der Waals surface area (Å²) in [5.74, 6) is -2.47. The van der Waals surface area contributed by atoms with Crippen LogP contribution in [0.2, 0.25) is 0 Å². The van der Waals surface area contributed by atoms with Gasteiger partial charge in [-0.05, 0) is 37.2 Å². The Hall–Kier alpha value is -1.85. The smallest absolute Gasteiger partial charge is 0.326 e. The molecule has 29 heavy (non-hydrogen) atoms. The summed E-state index contributed by atoms with van der Waals surface area (Å²) < 4.78 is 0. The van der Waals surface area contributed by atoms with Gasteiger partial charge in [0, 0.05) is 6.54 Å². The molecule has 0 radical (unpaired) electrons. The van der Waals surface area contributed by atoms with Crippen molar-refractivity contribution in [3.05, 3.63) is 0 Å². The Morgan fingerprint density at radius 1 is 1.21 bits per heavy atom. The molecule has 0 spiro atoms. The van der Waals surface area contributed by atoms with E-state index >= 15 is 0 Å². The van der Waals surface area contributed by atoms with Crippen LogP contribution in [0, 0.1) is 5.92 Å². The minimum Gasteiger partial charge on any atom is -0.480 e. The first-order valence-corrected chi connectivity index (χ1v) is 11.0. The molecule has 1 heterocycles. The number of likely N-dealkylation sites (tertiary alicyclic amines) is 1. The van der Waals surface area contributed by atoms with E-state index in [2.05, 4.69) is 10.6 Å². The molecule has 4 unspecified atom stereocenters. The number of carboxylic acids is 1. The van der Waals surface area contributed by atoms with Crippen LogP contribution in [0.25, 0.3) is 0 Å². The quantitative estimate of drug-likeness (QED) is 0.271. The largest absolute Gasteiger partial charge is 0.480 e. The van der Waals surface area contributed by atoms with Crippen LogP contribution >= 0.6 is 11.8 Å². The third kappa shape index (κ3) is 7.16. The van der Waals surface area contributed by atoms with E-state index in [0.29, 0.717) is 25.0 Å². The molecule has 0 aromatic heterocycles. The Bertz CT molecular complexity index is 603. The number of aliphatic hydroxyl groups is 1. The molecule has 4 atom stereocenters. The summed E-state index contributed by atoms with van der Waals surface area (Å²) >= 11 is 1.56. The van der Waals surface area contributed by atoms with Gasteiger partial charge < -0.3 is 31.5 Å². The Morgan fingerprint density at radius 3 is 2.38 bits per heavy atom. The van der Waals surface area contributed by atoms with Crippen LogP contribution in [0.3, 0.4) is 0 Å². The molecule has 0 bridgehead atoms. The summed E-state index contributed by atoms with van der Waals surface area (Å²) in [4.78, 5) is 50.1. The molecule has 1 saturated heterocycles. The van der Waals surface area contributed by atoms with Gasteiger partial charge >= 0.3 is 5.97 Å². The summed E-state index contributed by atoms with van der Waals surface area (Å²) in [7, 11) is 0. The van der Waals surface area contributed by atoms with Crippen molar-refractivity contribution in [3.63, 3.8) is 0 Å². The van der Waals surface area contributed by atoms with Gasteiger partial charge in [0.2, 0.25) is 17.7 Å². The van der Waals surface area contributed by atoms with E-state index in [0.717, 1.165) is 4.90 Å². The number of nitrogens with one attached hydrogen (secondary N) is 2. The molecule has 0 aromatic rings. The second-order valence-corrected chi connectivity index (χ2v) is 8.38. The van der Waals surface area contributed by atoms with Crippen molar-refractivity contribution in [2.75, 3.05) is 25.2 Å². The van der Waals surface area contributed by atoms with Crippen LogP contribution in [0.15, 0.2) is 0 Å². The van der Waals surface area contributed by atoms with Crippen molar-refractivity contribution in [3.8, 4) is 0 Å². The molecule has 1 rings (SSSR count). The number of nitrogens with two attached hydrogens (primary N) is 1. The molecule has 166 valence electrons. The normalized spacial score (nSPS) is 19.5. The van der Waals surface area contributed by atoms with E-state index in [1.807, 2.05) is 6.26 Å². The van der Waals surface area contributed by atoms with Crippen LogP contribution < -0.4 is 16.4 Å². The number of carbonyl (C=O) groups excluding carboxylic acids is 3. The van der Waals surface area contributed by atoms with Gasteiger partial charge in [-0.25, -0.2) is 4.79 Å². The number of carboxylic acid groups (broad SMARTS) is 1. The molecule has 6 N–H and O–H groups in total. The first-order chi connectivity index (χ1) is 13.6. The van der Waals surface area contributed by atoms with E-state index in [1.54, 1.807) is 25.6 Å². The average Bonchev–Trinajstić information content (AvgIpc) is 3.17. The van der Waals surface area contributed by atoms with E-state index in [1.165, 1.54) is 0 Å². The Morgan fingerprint density at radius 2 is 1.86 bits per heavy atom. The van der Waals surface area contributed by atoms with Crippen molar-refractivity contribution in [1.82, 2.24) is 15.5 Å². The fourth-order valence-electron chi connectivity index (χ4n) is 3.11. The van der Waals surface area contributed by atoms with Gasteiger partial charge in [0.1, 0.15) is 18.1 Å². The van der Waals surface area contributed by atoms with E-state index in [-0.39, 0.29) is 12.5 Å². The second-order valence-electron chi connectivity index (χ2n) is 7.39. The molecular weight excluding hydrogens is 400 g/mol. The number of aliphatic hydroxyl groups excluding tert-OH is 1. The van der Waals surface area contributed by atoms with Crippen LogP contribution in [0.5, 0.6) is 0 Å². The zero-order valence-corrected chi connectivity index (χ0v) is 17.9. The van der Waals surface area contributed by atoms with Crippen molar-refractivity contribution < 1.29 is 29.4 Å². The summed E-state index contributed by atoms with van der Waals surface area (Å²) in [6, 6.07) is -3.96. The van der Waals surface area contributed by atoms with Crippen LogP contribution in [0.1, 0.15) is 33.1 Å².